The summed E-state index contributed by atoms with van der Waals surface area (Å²) in [4.78, 5) is 21.1. The van der Waals surface area contributed by atoms with Gasteiger partial charge in [0.1, 0.15) is 17.5 Å². The molecular formula is C23H16F5N5OS. The topological polar surface area (TPSA) is 92.9 Å². The molecule has 0 aliphatic carbocycles. The number of amides is 2. The van der Waals surface area contributed by atoms with Gasteiger partial charge in [-0.25, -0.2) is 23.5 Å². The summed E-state index contributed by atoms with van der Waals surface area (Å²) in [6.07, 6.45) is -3.05. The second-order valence-corrected chi connectivity index (χ2v) is 8.55. The first kappa shape index (κ1) is 24.1. The molecule has 2 heterocycles. The average molecular weight is 505 g/mol. The van der Waals surface area contributed by atoms with E-state index in [1.165, 1.54) is 17.5 Å². The Labute approximate surface area is 199 Å². The number of thiazole rings is 1. The second-order valence-electron chi connectivity index (χ2n) is 7.35. The molecule has 4 aromatic rings. The number of pyridine rings is 1. The summed E-state index contributed by atoms with van der Waals surface area (Å²) < 4.78 is 67.4. The number of halogens is 5. The van der Waals surface area contributed by atoms with Gasteiger partial charge in [0.05, 0.1) is 26.8 Å². The highest BCUT2D eigenvalue weighted by atomic mass is 32.1. The van der Waals surface area contributed by atoms with Crippen molar-refractivity contribution in [1.29, 1.82) is 0 Å². The number of nitrogens with zero attached hydrogens (tertiary/aromatic N) is 2. The number of benzene rings is 2. The van der Waals surface area contributed by atoms with E-state index < -0.39 is 29.4 Å². The Hall–Kier alpha value is -4.06. The molecule has 0 aliphatic heterocycles. The van der Waals surface area contributed by atoms with E-state index in [1.54, 1.807) is 19.1 Å². The van der Waals surface area contributed by atoms with E-state index in [9.17, 15) is 26.7 Å². The molecule has 35 heavy (non-hydrogen) atoms. The van der Waals surface area contributed by atoms with E-state index >= 15 is 0 Å². The number of hydrogen-bond acceptors (Lipinski definition) is 5. The Kier molecular flexibility index (Phi) is 6.39. The van der Waals surface area contributed by atoms with Crippen molar-refractivity contribution in [3.63, 3.8) is 0 Å². The maximum atomic E-state index is 14.8. The number of nitrogens with one attached hydrogen (secondary N) is 2. The van der Waals surface area contributed by atoms with Crippen LogP contribution in [0.2, 0.25) is 0 Å². The lowest BCUT2D eigenvalue weighted by molar-refractivity contribution is -0.137. The summed E-state index contributed by atoms with van der Waals surface area (Å²) in [5.74, 6) is -1.67. The number of nitrogens with two attached hydrogens (primary N) is 1. The predicted molar refractivity (Wildman–Crippen MR) is 124 cm³/mol. The van der Waals surface area contributed by atoms with Crippen molar-refractivity contribution in [2.45, 2.75) is 13.1 Å². The number of aryl methyl sites for hydroxylation is 1. The molecular weight excluding hydrogens is 489 g/mol. The highest BCUT2D eigenvalue weighted by molar-refractivity contribution is 7.15. The second kappa shape index (κ2) is 9.29. The summed E-state index contributed by atoms with van der Waals surface area (Å²) in [6.45, 7) is 1.72. The van der Waals surface area contributed by atoms with Crippen LogP contribution in [0.25, 0.3) is 21.7 Å². The minimum atomic E-state index is -4.52. The molecule has 0 saturated heterocycles. The minimum absolute atomic E-state index is 0.00721. The van der Waals surface area contributed by atoms with Crippen LogP contribution in [-0.2, 0) is 6.18 Å². The van der Waals surface area contributed by atoms with Gasteiger partial charge in [-0.3, -0.25) is 0 Å². The van der Waals surface area contributed by atoms with Crippen LogP contribution in [0.15, 0.2) is 54.7 Å². The monoisotopic (exact) mass is 505 g/mol. The van der Waals surface area contributed by atoms with Gasteiger partial charge in [0.2, 0.25) is 0 Å². The number of alkyl halides is 3. The summed E-state index contributed by atoms with van der Waals surface area (Å²) in [5, 5.41) is 5.18. The molecule has 0 fully saturated rings. The highest BCUT2D eigenvalue weighted by Gasteiger charge is 2.30. The Morgan fingerprint density at radius 1 is 1.00 bits per heavy atom. The van der Waals surface area contributed by atoms with Crippen LogP contribution in [0.5, 0.6) is 0 Å². The van der Waals surface area contributed by atoms with Crippen molar-refractivity contribution >= 4 is 34.6 Å². The Balaban J connectivity index is 1.62. The largest absolute Gasteiger partial charge is 0.416 e. The number of carbonyl (C=O) groups is 1. The molecule has 2 amide bonds. The molecule has 2 aromatic heterocycles. The van der Waals surface area contributed by atoms with Gasteiger partial charge >= 0.3 is 12.2 Å². The van der Waals surface area contributed by atoms with Crippen molar-refractivity contribution < 1.29 is 26.7 Å². The molecule has 0 spiro atoms. The van der Waals surface area contributed by atoms with Crippen molar-refractivity contribution in [3.05, 3.63) is 76.9 Å². The molecule has 12 heteroatoms. The van der Waals surface area contributed by atoms with Crippen LogP contribution in [0.1, 0.15) is 10.6 Å². The normalized spacial score (nSPS) is 11.4. The van der Waals surface area contributed by atoms with Crippen molar-refractivity contribution in [2.24, 2.45) is 0 Å². The van der Waals surface area contributed by atoms with Gasteiger partial charge in [-0.05, 0) is 49.4 Å². The van der Waals surface area contributed by atoms with Crippen LogP contribution >= 0.6 is 11.3 Å². The molecule has 0 bridgehead atoms. The minimum Gasteiger partial charge on any atom is -0.384 e. The fourth-order valence-corrected chi connectivity index (χ4v) is 4.21. The maximum absolute atomic E-state index is 14.8. The van der Waals surface area contributed by atoms with Crippen molar-refractivity contribution in [1.82, 2.24) is 9.97 Å². The molecule has 0 saturated carbocycles. The van der Waals surface area contributed by atoms with Crippen molar-refractivity contribution in [2.75, 3.05) is 16.4 Å². The first-order valence-corrected chi connectivity index (χ1v) is 10.8. The van der Waals surface area contributed by atoms with Gasteiger partial charge in [-0.2, -0.15) is 13.2 Å². The van der Waals surface area contributed by atoms with E-state index in [0.29, 0.717) is 27.2 Å². The lowest BCUT2D eigenvalue weighted by Gasteiger charge is -2.12. The van der Waals surface area contributed by atoms with Gasteiger partial charge in [0.25, 0.3) is 0 Å². The number of aromatic nitrogens is 2. The number of hydrogen-bond donors (Lipinski definition) is 3. The lowest BCUT2D eigenvalue weighted by Crippen LogP contribution is -2.20. The van der Waals surface area contributed by atoms with E-state index in [2.05, 4.69) is 20.6 Å². The summed E-state index contributed by atoms with van der Waals surface area (Å²) in [7, 11) is 0. The maximum Gasteiger partial charge on any atom is 0.416 e. The molecule has 0 atom stereocenters. The number of carbonyl (C=O) groups excluding carboxylic acids is 1. The molecule has 0 radical (unpaired) electrons. The summed E-state index contributed by atoms with van der Waals surface area (Å²) in [6, 6.07) is 7.74. The third-order valence-corrected chi connectivity index (χ3v) is 5.81. The molecule has 4 rings (SSSR count). The first-order valence-electron chi connectivity index (χ1n) is 9.95. The van der Waals surface area contributed by atoms with Crippen molar-refractivity contribution in [3.8, 4) is 21.7 Å². The quantitative estimate of drug-likeness (QED) is 0.269. The van der Waals surface area contributed by atoms with Gasteiger partial charge < -0.3 is 16.4 Å². The van der Waals surface area contributed by atoms with Crippen LogP contribution < -0.4 is 16.4 Å². The zero-order valence-electron chi connectivity index (χ0n) is 17.9. The van der Waals surface area contributed by atoms with Gasteiger partial charge in [-0.1, -0.05) is 0 Å². The Morgan fingerprint density at radius 3 is 2.37 bits per heavy atom. The molecule has 0 aliphatic rings. The van der Waals surface area contributed by atoms with E-state index in [4.69, 9.17) is 5.73 Å². The standard InChI is InChI=1S/C23H16F5N5OS/c1-11-31-20(12-6-7-30-19(29)8-12)21(35-11)15-9-18(17(25)10-16(15)24)33-22(34)32-14-4-2-13(3-5-14)23(26,27)28/h2-10H,1H3,(H2,29,30)(H2,32,33,34). The number of nitrogen functional groups attached to an aromatic ring is 1. The molecule has 6 nitrogen and oxygen atoms in total. The van der Waals surface area contributed by atoms with Gasteiger partial charge in [0, 0.05) is 29.1 Å². The number of rotatable bonds is 4. The molecule has 4 N–H and O–H groups in total. The van der Waals surface area contributed by atoms with E-state index in [1.807, 2.05) is 0 Å². The zero-order chi connectivity index (χ0) is 25.3. The van der Waals surface area contributed by atoms with E-state index in [-0.39, 0.29) is 22.8 Å². The smallest absolute Gasteiger partial charge is 0.384 e. The molecule has 0 unspecified atom stereocenters. The number of urea groups is 1. The molecule has 180 valence electrons. The fourth-order valence-electron chi connectivity index (χ4n) is 3.25. The Bertz CT molecular complexity index is 1400. The fraction of sp³-hybridized carbons (Fsp3) is 0.0870. The van der Waals surface area contributed by atoms with Crippen LogP contribution in [0, 0.1) is 18.6 Å². The number of anilines is 3. The average Bonchev–Trinajstić information content (AvgIpc) is 3.17. The Morgan fingerprint density at radius 2 is 1.71 bits per heavy atom. The van der Waals surface area contributed by atoms with Crippen LogP contribution in [0.3, 0.4) is 0 Å². The highest BCUT2D eigenvalue weighted by Crippen LogP contribution is 2.40. The summed E-state index contributed by atoms with van der Waals surface area (Å²) in [5.41, 5.74) is 5.55. The lowest BCUT2D eigenvalue weighted by atomic mass is 10.1. The van der Waals surface area contributed by atoms with Crippen LogP contribution in [0.4, 0.5) is 43.9 Å². The first-order chi connectivity index (χ1) is 16.5. The van der Waals surface area contributed by atoms with Gasteiger partial charge in [-0.15, -0.1) is 11.3 Å². The SMILES string of the molecule is Cc1nc(-c2ccnc(N)c2)c(-c2cc(NC(=O)Nc3ccc(C(F)(F)F)cc3)c(F)cc2F)s1. The van der Waals surface area contributed by atoms with Gasteiger partial charge in [0.15, 0.2) is 0 Å². The molecule has 2 aromatic carbocycles. The zero-order valence-corrected chi connectivity index (χ0v) is 18.7. The predicted octanol–water partition coefficient (Wildman–Crippen LogP) is 6.70. The third kappa shape index (κ3) is 5.38. The van der Waals surface area contributed by atoms with E-state index in [0.717, 1.165) is 30.3 Å². The third-order valence-electron chi connectivity index (χ3n) is 4.81. The van der Waals surface area contributed by atoms with Crippen LogP contribution in [-0.4, -0.2) is 16.0 Å². The summed E-state index contributed by atoms with van der Waals surface area (Å²) >= 11 is 1.17.